The van der Waals surface area contributed by atoms with Crippen LogP contribution in [-0.4, -0.2) is 120 Å². The third-order valence-corrected chi connectivity index (χ3v) is 9.07. The summed E-state index contributed by atoms with van der Waals surface area (Å²) in [6.07, 6.45) is 7.55. The van der Waals surface area contributed by atoms with Gasteiger partial charge in [0, 0.05) is 68.2 Å². The number of aromatic amines is 1. The van der Waals surface area contributed by atoms with E-state index in [1.807, 2.05) is 36.5 Å². The number of aryl methyl sites for hydroxylation is 1. The van der Waals surface area contributed by atoms with E-state index in [0.29, 0.717) is 56.9 Å². The molecular formula is C39H55N7O7. The number of likely N-dealkylation sites (N-methyl/N-ethyl adjacent to an activating group) is 1. The minimum absolute atomic E-state index is 0.265. The number of hydrogen-bond donors (Lipinski definition) is 4. The molecule has 0 radical (unpaired) electrons. The van der Waals surface area contributed by atoms with Crippen LogP contribution in [0.4, 0.5) is 4.79 Å². The zero-order chi connectivity index (χ0) is 38.0. The number of carbonyl (C=O) groups is 2. The standard InChI is InChI=1S/C39H55N7O7/c1-27(44-39(48)51-6)38(47)41-16-8-7-11-37-43-26-34(45-37)29-13-15-32(36(23-29)53-21-19-50-5)31-14-12-28(22-35(31)52-20-18-49-4)33(25-40-2)42-24-30-10-9-17-46(30)3/h12-15,22-23,25-27,30,42H,2,7-11,16-21,24H2,1,3-6H3,(H,41,47)(H,43,45)(H,44,48)/b33-25-/t27-,30?/m0/s1. The van der Waals surface area contributed by atoms with E-state index >= 15 is 0 Å². The Balaban J connectivity index is 1.50. The second kappa shape index (κ2) is 21.6. The SMILES string of the molecule is C=N/C=C(\NCC1CCCN1C)c1ccc(-c2ccc(-c3cnc(CCCCNC(=O)[C@H](C)NC(=O)OC)[nH]3)cc2OCCOC)c(OCCOC)c1. The van der Waals surface area contributed by atoms with Crippen LogP contribution in [0.3, 0.4) is 0 Å². The van der Waals surface area contributed by atoms with Crippen molar-refractivity contribution in [3.05, 3.63) is 60.2 Å². The number of hydrogen-bond acceptors (Lipinski definition) is 11. The summed E-state index contributed by atoms with van der Waals surface area (Å²) in [6.45, 7) is 9.32. The van der Waals surface area contributed by atoms with Crippen molar-refractivity contribution < 1.29 is 33.3 Å². The first kappa shape index (κ1) is 40.8. The van der Waals surface area contributed by atoms with Crippen molar-refractivity contribution in [3.63, 3.8) is 0 Å². The average molecular weight is 734 g/mol. The van der Waals surface area contributed by atoms with Gasteiger partial charge in [0.1, 0.15) is 36.6 Å². The molecule has 53 heavy (non-hydrogen) atoms. The van der Waals surface area contributed by atoms with Crippen molar-refractivity contribution in [3.8, 4) is 33.9 Å². The highest BCUT2D eigenvalue weighted by Gasteiger charge is 2.22. The van der Waals surface area contributed by atoms with Crippen molar-refractivity contribution in [2.75, 3.05) is 74.4 Å². The molecule has 1 unspecified atom stereocenters. The number of unbranched alkanes of at least 4 members (excludes halogenated alkanes) is 1. The second-order valence-corrected chi connectivity index (χ2v) is 12.8. The molecule has 14 heteroatoms. The summed E-state index contributed by atoms with van der Waals surface area (Å²) in [5.74, 6) is 1.94. The highest BCUT2D eigenvalue weighted by Crippen LogP contribution is 2.40. The van der Waals surface area contributed by atoms with Crippen molar-refractivity contribution in [1.82, 2.24) is 30.8 Å². The second-order valence-electron chi connectivity index (χ2n) is 12.8. The van der Waals surface area contributed by atoms with Crippen LogP contribution in [-0.2, 0) is 25.4 Å². The third-order valence-electron chi connectivity index (χ3n) is 9.07. The Bertz CT molecular complexity index is 1660. The molecule has 4 rings (SSSR count). The molecule has 1 aliphatic rings. The molecule has 1 aromatic heterocycles. The molecule has 2 amide bonds. The van der Waals surface area contributed by atoms with Crippen molar-refractivity contribution in [1.29, 1.82) is 0 Å². The minimum Gasteiger partial charge on any atom is -0.491 e. The van der Waals surface area contributed by atoms with Gasteiger partial charge in [-0.3, -0.25) is 9.79 Å². The molecule has 288 valence electrons. The Morgan fingerprint density at radius 2 is 1.74 bits per heavy atom. The number of H-pyrrole nitrogens is 1. The van der Waals surface area contributed by atoms with Gasteiger partial charge in [0.2, 0.25) is 5.91 Å². The predicted octanol–water partition coefficient (Wildman–Crippen LogP) is 4.66. The summed E-state index contributed by atoms with van der Waals surface area (Å²) in [5, 5.41) is 8.89. The Morgan fingerprint density at radius 1 is 1.02 bits per heavy atom. The molecule has 0 aliphatic carbocycles. The summed E-state index contributed by atoms with van der Waals surface area (Å²) >= 11 is 0. The van der Waals surface area contributed by atoms with Crippen LogP contribution in [0.2, 0.25) is 0 Å². The number of aromatic nitrogens is 2. The smallest absolute Gasteiger partial charge is 0.407 e. The molecule has 0 spiro atoms. The summed E-state index contributed by atoms with van der Waals surface area (Å²) < 4.78 is 27.8. The van der Waals surface area contributed by atoms with Crippen LogP contribution in [0.15, 0.2) is 53.8 Å². The van der Waals surface area contributed by atoms with E-state index in [0.717, 1.165) is 71.8 Å². The molecule has 2 heterocycles. The maximum Gasteiger partial charge on any atom is 0.407 e. The fraction of sp³-hybridized carbons (Fsp3) is 0.487. The normalized spacial score (nSPS) is 15.1. The number of carbonyl (C=O) groups excluding carboxylic acids is 2. The number of rotatable bonds is 22. The fourth-order valence-electron chi connectivity index (χ4n) is 6.03. The van der Waals surface area contributed by atoms with Crippen molar-refractivity contribution in [2.24, 2.45) is 4.99 Å². The lowest BCUT2D eigenvalue weighted by Gasteiger charge is -2.22. The zero-order valence-corrected chi connectivity index (χ0v) is 31.7. The maximum absolute atomic E-state index is 12.2. The lowest BCUT2D eigenvalue weighted by molar-refractivity contribution is -0.122. The molecule has 14 nitrogen and oxygen atoms in total. The number of nitrogens with zero attached hydrogens (tertiary/aromatic N) is 3. The fourth-order valence-corrected chi connectivity index (χ4v) is 6.03. The minimum atomic E-state index is -0.681. The molecular weight excluding hydrogens is 678 g/mol. The van der Waals surface area contributed by atoms with Crippen molar-refractivity contribution in [2.45, 2.75) is 51.1 Å². The number of amides is 2. The Labute approximate surface area is 312 Å². The maximum atomic E-state index is 12.2. The highest BCUT2D eigenvalue weighted by atomic mass is 16.5. The first-order valence-corrected chi connectivity index (χ1v) is 18.1. The van der Waals surface area contributed by atoms with Gasteiger partial charge in [-0.1, -0.05) is 12.1 Å². The van der Waals surface area contributed by atoms with Crippen LogP contribution in [0, 0.1) is 0 Å². The van der Waals surface area contributed by atoms with E-state index in [1.165, 1.54) is 13.5 Å². The number of ether oxygens (including phenoxy) is 5. The number of likely N-dealkylation sites (tertiary alicyclic amines) is 1. The van der Waals surface area contributed by atoms with Gasteiger partial charge in [-0.2, -0.15) is 0 Å². The van der Waals surface area contributed by atoms with Crippen LogP contribution in [0.1, 0.15) is 44.0 Å². The Kier molecular flexibility index (Phi) is 16.6. The number of imidazole rings is 1. The van der Waals surface area contributed by atoms with Gasteiger partial charge in [-0.25, -0.2) is 9.78 Å². The van der Waals surface area contributed by atoms with E-state index in [4.69, 9.17) is 18.9 Å². The zero-order valence-electron chi connectivity index (χ0n) is 31.7. The quantitative estimate of drug-likeness (QED) is 0.0845. The van der Waals surface area contributed by atoms with Crippen LogP contribution in [0.5, 0.6) is 11.5 Å². The van der Waals surface area contributed by atoms with Crippen LogP contribution < -0.4 is 25.4 Å². The van der Waals surface area contributed by atoms with E-state index in [9.17, 15) is 9.59 Å². The summed E-state index contributed by atoms with van der Waals surface area (Å²) in [5.41, 5.74) is 5.33. The lowest BCUT2D eigenvalue weighted by Crippen LogP contribution is -2.45. The summed E-state index contributed by atoms with van der Waals surface area (Å²) in [6, 6.07) is 12.0. The summed E-state index contributed by atoms with van der Waals surface area (Å²) in [4.78, 5) is 38.0. The summed E-state index contributed by atoms with van der Waals surface area (Å²) in [7, 11) is 6.72. The number of aliphatic imine (C=N–C) groups is 1. The van der Waals surface area contributed by atoms with Gasteiger partial charge < -0.3 is 49.5 Å². The predicted molar refractivity (Wildman–Crippen MR) is 206 cm³/mol. The molecule has 0 saturated carbocycles. The van der Waals surface area contributed by atoms with E-state index in [2.05, 4.69) is 60.4 Å². The van der Waals surface area contributed by atoms with Crippen LogP contribution in [0.25, 0.3) is 28.1 Å². The molecule has 1 aliphatic heterocycles. The Morgan fingerprint density at radius 3 is 2.40 bits per heavy atom. The van der Waals surface area contributed by atoms with Gasteiger partial charge in [-0.15, -0.1) is 0 Å². The van der Waals surface area contributed by atoms with E-state index in [-0.39, 0.29) is 5.91 Å². The molecule has 2 atom stereocenters. The van der Waals surface area contributed by atoms with Gasteiger partial charge in [0.25, 0.3) is 0 Å². The topological polar surface area (TPSA) is 161 Å². The average Bonchev–Trinajstić information content (AvgIpc) is 3.82. The molecule has 2 aromatic carbocycles. The molecule has 0 bridgehead atoms. The first-order valence-electron chi connectivity index (χ1n) is 18.1. The Hall–Kier alpha value is -4.92. The van der Waals surface area contributed by atoms with Crippen molar-refractivity contribution >= 4 is 24.4 Å². The van der Waals surface area contributed by atoms with Crippen LogP contribution >= 0.6 is 0 Å². The molecule has 3 aromatic rings. The molecule has 1 fully saturated rings. The monoisotopic (exact) mass is 733 g/mol. The van der Waals surface area contributed by atoms with E-state index < -0.39 is 12.1 Å². The first-order chi connectivity index (χ1) is 25.8. The highest BCUT2D eigenvalue weighted by molar-refractivity contribution is 5.85. The molecule has 1 saturated heterocycles. The van der Waals surface area contributed by atoms with Gasteiger partial charge in [0.05, 0.1) is 37.9 Å². The number of nitrogens with one attached hydrogen (secondary N) is 4. The number of alkyl carbamates (subject to hydrolysis) is 1. The number of benzene rings is 2. The van der Waals surface area contributed by atoms with Gasteiger partial charge in [0.15, 0.2) is 0 Å². The number of methoxy groups -OCH3 is 3. The third kappa shape index (κ3) is 12.3. The lowest BCUT2D eigenvalue weighted by atomic mass is 9.98. The largest absolute Gasteiger partial charge is 0.491 e. The molecule has 4 N–H and O–H groups in total. The van der Waals surface area contributed by atoms with E-state index in [1.54, 1.807) is 27.3 Å². The van der Waals surface area contributed by atoms with Gasteiger partial charge in [-0.05, 0) is 77.2 Å². The van der Waals surface area contributed by atoms with Gasteiger partial charge >= 0.3 is 6.09 Å².